The van der Waals surface area contributed by atoms with E-state index in [1.54, 1.807) is 0 Å². The molecule has 19 heavy (non-hydrogen) atoms. The van der Waals surface area contributed by atoms with Gasteiger partial charge in [0.2, 0.25) is 0 Å². The van der Waals surface area contributed by atoms with E-state index in [1.165, 1.54) is 5.56 Å². The summed E-state index contributed by atoms with van der Waals surface area (Å²) in [7, 11) is -1.58. The lowest BCUT2D eigenvalue weighted by atomic mass is 10.2. The average Bonchev–Trinajstić information content (AvgIpc) is 2.41. The summed E-state index contributed by atoms with van der Waals surface area (Å²) < 4.78 is 11.9. The van der Waals surface area contributed by atoms with Crippen LogP contribution in [0.4, 0.5) is 0 Å². The van der Waals surface area contributed by atoms with Crippen molar-refractivity contribution in [2.75, 3.05) is 13.2 Å². The van der Waals surface area contributed by atoms with Gasteiger partial charge in [-0.15, -0.1) is 0 Å². The molecule has 0 aliphatic heterocycles. The summed E-state index contributed by atoms with van der Waals surface area (Å²) in [5, 5.41) is 0.778. The molecule has 4 heteroatoms. The van der Waals surface area contributed by atoms with E-state index in [1.807, 2.05) is 12.1 Å². The zero-order valence-electron chi connectivity index (χ0n) is 12.0. The highest BCUT2D eigenvalue weighted by Crippen LogP contribution is 2.12. The van der Waals surface area contributed by atoms with Gasteiger partial charge in [-0.1, -0.05) is 50.4 Å². The molecule has 0 heterocycles. The van der Waals surface area contributed by atoms with Crippen LogP contribution in [0, 0.1) is 0 Å². The Morgan fingerprint density at radius 3 is 1.95 bits per heavy atom. The number of halogens is 1. The summed E-state index contributed by atoms with van der Waals surface area (Å²) in [6.45, 7) is 6.01. The largest absolute Gasteiger partial charge is 0.396 e. The molecule has 0 amide bonds. The van der Waals surface area contributed by atoms with Crippen molar-refractivity contribution in [3.05, 3.63) is 34.9 Å². The van der Waals surface area contributed by atoms with Gasteiger partial charge in [0.15, 0.2) is 0 Å². The van der Waals surface area contributed by atoms with Crippen molar-refractivity contribution in [1.29, 1.82) is 0 Å². The molecule has 0 N–H and O–H groups in total. The Morgan fingerprint density at radius 2 is 1.47 bits per heavy atom. The molecule has 108 valence electrons. The van der Waals surface area contributed by atoms with Crippen LogP contribution in [0.15, 0.2) is 24.3 Å². The minimum Gasteiger partial charge on any atom is -0.396 e. The molecular formula is C15H25ClO2Si. The van der Waals surface area contributed by atoms with Crippen molar-refractivity contribution >= 4 is 20.9 Å². The third-order valence-corrected chi connectivity index (χ3v) is 5.19. The zero-order valence-corrected chi connectivity index (χ0v) is 13.9. The molecule has 1 aromatic carbocycles. The Hall–Kier alpha value is -0.353. The second kappa shape index (κ2) is 10.4. The van der Waals surface area contributed by atoms with Crippen molar-refractivity contribution in [2.45, 2.75) is 45.6 Å². The first-order valence-electron chi connectivity index (χ1n) is 7.24. The quantitative estimate of drug-likeness (QED) is 0.474. The molecule has 0 aliphatic carbocycles. The summed E-state index contributed by atoms with van der Waals surface area (Å²) in [4.78, 5) is 0. The van der Waals surface area contributed by atoms with Crippen molar-refractivity contribution < 1.29 is 8.85 Å². The van der Waals surface area contributed by atoms with E-state index in [0.717, 1.165) is 50.0 Å². The first kappa shape index (κ1) is 16.7. The van der Waals surface area contributed by atoms with Crippen molar-refractivity contribution in [1.82, 2.24) is 0 Å². The molecule has 0 saturated heterocycles. The highest BCUT2D eigenvalue weighted by atomic mass is 35.5. The molecule has 0 radical (unpaired) electrons. The van der Waals surface area contributed by atoms with Crippen LogP contribution in [0.1, 0.15) is 45.1 Å². The predicted octanol–water partition coefficient (Wildman–Crippen LogP) is 4.28. The summed E-state index contributed by atoms with van der Waals surface area (Å²) >= 11 is 5.90. The van der Waals surface area contributed by atoms with Crippen molar-refractivity contribution in [2.24, 2.45) is 0 Å². The smallest absolute Gasteiger partial charge is 0.325 e. The number of benzene rings is 1. The van der Waals surface area contributed by atoms with Crippen LogP contribution >= 0.6 is 11.6 Å². The summed E-state index contributed by atoms with van der Waals surface area (Å²) in [6.07, 6.45) is 4.55. The Balaban J connectivity index is 2.44. The van der Waals surface area contributed by atoms with Crippen molar-refractivity contribution in [3.8, 4) is 0 Å². The fraction of sp³-hybridized carbons (Fsp3) is 0.600. The monoisotopic (exact) mass is 300 g/mol. The lowest BCUT2D eigenvalue weighted by Crippen LogP contribution is -2.27. The molecule has 0 fully saturated rings. The van der Waals surface area contributed by atoms with E-state index < -0.39 is 9.28 Å². The van der Waals surface area contributed by atoms with Crippen LogP contribution in [-0.2, 0) is 14.9 Å². The second-order valence-electron chi connectivity index (χ2n) is 4.71. The third-order valence-electron chi connectivity index (χ3n) is 2.92. The van der Waals surface area contributed by atoms with Crippen LogP contribution < -0.4 is 0 Å². The highest BCUT2D eigenvalue weighted by Gasteiger charge is 2.14. The summed E-state index contributed by atoms with van der Waals surface area (Å²) in [5.74, 6) is 0. The third kappa shape index (κ3) is 7.73. The second-order valence-corrected chi connectivity index (χ2v) is 7.08. The first-order valence-corrected chi connectivity index (χ1v) is 9.37. The maximum Gasteiger partial charge on any atom is 0.325 e. The van der Waals surface area contributed by atoms with Crippen molar-refractivity contribution in [3.63, 3.8) is 0 Å². The molecule has 0 aromatic heterocycles. The van der Waals surface area contributed by atoms with Crippen LogP contribution in [-0.4, -0.2) is 22.5 Å². The minimum atomic E-state index is -1.58. The highest BCUT2D eigenvalue weighted by molar-refractivity contribution is 6.43. The van der Waals surface area contributed by atoms with Gasteiger partial charge < -0.3 is 8.85 Å². The van der Waals surface area contributed by atoms with E-state index in [4.69, 9.17) is 20.5 Å². The number of hydrogen-bond donors (Lipinski definition) is 0. The summed E-state index contributed by atoms with van der Waals surface area (Å²) in [5.41, 5.74) is 1.26. The Morgan fingerprint density at radius 1 is 0.947 bits per heavy atom. The van der Waals surface area contributed by atoms with Crippen LogP contribution in [0.25, 0.3) is 0 Å². The predicted molar refractivity (Wildman–Crippen MR) is 84.0 cm³/mol. The van der Waals surface area contributed by atoms with Gasteiger partial charge in [0.1, 0.15) is 0 Å². The van der Waals surface area contributed by atoms with Crippen LogP contribution in [0.2, 0.25) is 5.02 Å². The Kier molecular flexibility index (Phi) is 9.17. The van der Waals surface area contributed by atoms with Gasteiger partial charge in [0, 0.05) is 24.3 Å². The van der Waals surface area contributed by atoms with E-state index in [0.29, 0.717) is 0 Å². The van der Waals surface area contributed by atoms with Gasteiger partial charge in [0.25, 0.3) is 0 Å². The minimum absolute atomic E-state index is 0.778. The average molecular weight is 301 g/mol. The Bertz CT molecular complexity index is 319. The molecule has 0 unspecified atom stereocenters. The van der Waals surface area contributed by atoms with E-state index in [-0.39, 0.29) is 0 Å². The molecule has 0 aliphatic rings. The maximum absolute atomic E-state index is 5.95. The van der Waals surface area contributed by atoms with Gasteiger partial charge in [-0.2, -0.15) is 0 Å². The van der Waals surface area contributed by atoms with E-state index >= 15 is 0 Å². The van der Waals surface area contributed by atoms with Gasteiger partial charge in [-0.25, -0.2) is 0 Å². The van der Waals surface area contributed by atoms with Gasteiger partial charge in [-0.3, -0.25) is 0 Å². The van der Waals surface area contributed by atoms with Gasteiger partial charge >= 0.3 is 9.28 Å². The first-order chi connectivity index (χ1) is 9.26. The fourth-order valence-corrected chi connectivity index (χ4v) is 3.67. The molecule has 2 nitrogen and oxygen atoms in total. The molecule has 0 atom stereocenters. The molecular weight excluding hydrogens is 276 g/mol. The topological polar surface area (TPSA) is 18.5 Å². The number of rotatable bonds is 10. The van der Waals surface area contributed by atoms with Crippen LogP contribution in [0.5, 0.6) is 0 Å². The molecule has 0 bridgehead atoms. The lowest BCUT2D eigenvalue weighted by molar-refractivity contribution is 0.191. The van der Waals surface area contributed by atoms with E-state index in [9.17, 15) is 0 Å². The maximum atomic E-state index is 5.95. The van der Waals surface area contributed by atoms with Gasteiger partial charge in [0.05, 0.1) is 0 Å². The lowest BCUT2D eigenvalue weighted by Gasteiger charge is -2.17. The SMILES string of the molecule is CCCCO[SiH](Cc1ccc(Cl)cc1)OCCCC. The Labute approximate surface area is 123 Å². The molecule has 1 aromatic rings. The van der Waals surface area contributed by atoms with E-state index in [2.05, 4.69) is 26.0 Å². The fourth-order valence-electron chi connectivity index (χ4n) is 1.70. The zero-order chi connectivity index (χ0) is 13.9. The van der Waals surface area contributed by atoms with Gasteiger partial charge in [-0.05, 0) is 30.5 Å². The normalized spacial score (nSPS) is 11.2. The standard InChI is InChI=1S/C15H25ClO2Si/c1-3-5-11-17-19(18-12-6-4-2)13-14-7-9-15(16)10-8-14/h7-10,19H,3-6,11-13H2,1-2H3. The van der Waals surface area contributed by atoms with Crippen LogP contribution in [0.3, 0.4) is 0 Å². The molecule has 0 saturated carbocycles. The molecule has 0 spiro atoms. The summed E-state index contributed by atoms with van der Waals surface area (Å²) in [6, 6.07) is 8.91. The molecule has 1 rings (SSSR count). The number of unbranched alkanes of at least 4 members (excludes halogenated alkanes) is 2. The number of hydrogen-bond acceptors (Lipinski definition) is 2.